The van der Waals surface area contributed by atoms with Crippen LogP contribution >= 0.6 is 0 Å². The number of aromatic amines is 1. The van der Waals surface area contributed by atoms with Gasteiger partial charge >= 0.3 is 0 Å². The van der Waals surface area contributed by atoms with E-state index in [1.165, 1.54) is 43.7 Å². The average molecular weight is 549 g/mol. The maximum atomic E-state index is 5.17. The highest BCUT2D eigenvalue weighted by molar-refractivity contribution is 6.16. The first-order valence-electron chi connectivity index (χ1n) is 14.7. The van der Waals surface area contributed by atoms with Crippen molar-refractivity contribution in [3.63, 3.8) is 0 Å². The van der Waals surface area contributed by atoms with E-state index < -0.39 is 0 Å². The lowest BCUT2D eigenvalue weighted by atomic mass is 9.99. The van der Waals surface area contributed by atoms with Gasteiger partial charge in [-0.25, -0.2) is 4.98 Å². The van der Waals surface area contributed by atoms with Crippen LogP contribution in [0.1, 0.15) is 0 Å². The van der Waals surface area contributed by atoms with Gasteiger partial charge < -0.3 is 9.55 Å². The van der Waals surface area contributed by atoms with E-state index in [1.54, 1.807) is 0 Å². The number of hydrogen-bond acceptors (Lipinski definition) is 1. The molecule has 10 rings (SSSR count). The van der Waals surface area contributed by atoms with Gasteiger partial charge in [-0.2, -0.15) is 0 Å². The Morgan fingerprint density at radius 1 is 0.465 bits per heavy atom. The number of H-pyrrole nitrogens is 1. The molecule has 0 unspecified atom stereocenters. The summed E-state index contributed by atoms with van der Waals surface area (Å²) >= 11 is 0. The average Bonchev–Trinajstić information content (AvgIpc) is 3.73. The molecule has 0 fully saturated rings. The number of pyridine rings is 1. The lowest BCUT2D eigenvalue weighted by molar-refractivity contribution is 1.18. The molecule has 0 atom stereocenters. The van der Waals surface area contributed by atoms with Crippen LogP contribution in [0.5, 0.6) is 0 Å². The van der Waals surface area contributed by atoms with Gasteiger partial charge in [0.1, 0.15) is 16.8 Å². The molecule has 0 radical (unpaired) electrons. The Morgan fingerprint density at radius 2 is 1.07 bits per heavy atom. The second kappa shape index (κ2) is 8.34. The summed E-state index contributed by atoms with van der Waals surface area (Å²) in [5.74, 6) is 0. The van der Waals surface area contributed by atoms with Crippen LogP contribution in [-0.4, -0.2) is 18.9 Å². The van der Waals surface area contributed by atoms with Gasteiger partial charge in [-0.05, 0) is 59.0 Å². The quantitative estimate of drug-likeness (QED) is 0.215. The number of hydrogen-bond donors (Lipinski definition) is 1. The van der Waals surface area contributed by atoms with E-state index in [-0.39, 0.29) is 0 Å². The number of aromatic nitrogens is 4. The Balaban J connectivity index is 1.18. The smallest absolute Gasteiger partial charge is 0.147 e. The van der Waals surface area contributed by atoms with Crippen LogP contribution in [0, 0.1) is 0 Å². The van der Waals surface area contributed by atoms with Gasteiger partial charge in [0.05, 0.1) is 16.6 Å². The molecule has 0 aliphatic rings. The third kappa shape index (κ3) is 3.07. The zero-order valence-corrected chi connectivity index (χ0v) is 23.1. The summed E-state index contributed by atoms with van der Waals surface area (Å²) in [5, 5.41) is 7.29. The van der Waals surface area contributed by atoms with E-state index in [9.17, 15) is 0 Å². The fourth-order valence-electron chi connectivity index (χ4n) is 7.11. The number of imidazole rings is 1. The molecule has 0 bridgehead atoms. The second-order valence-electron chi connectivity index (χ2n) is 11.3. The molecule has 4 nitrogen and oxygen atoms in total. The zero-order chi connectivity index (χ0) is 28.1. The molecule has 200 valence electrons. The molecular formula is C39H24N4. The van der Waals surface area contributed by atoms with Crippen molar-refractivity contribution in [2.75, 3.05) is 0 Å². The van der Waals surface area contributed by atoms with Gasteiger partial charge in [-0.3, -0.25) is 4.40 Å². The van der Waals surface area contributed by atoms with Gasteiger partial charge in [0.15, 0.2) is 0 Å². The minimum atomic E-state index is 0.985. The Kier molecular flexibility index (Phi) is 4.42. The summed E-state index contributed by atoms with van der Waals surface area (Å²) < 4.78 is 4.66. The highest BCUT2D eigenvalue weighted by Crippen LogP contribution is 2.37. The molecular weight excluding hydrogens is 524 g/mol. The minimum Gasteiger partial charge on any atom is -0.339 e. The van der Waals surface area contributed by atoms with E-state index in [0.29, 0.717) is 0 Å². The molecule has 0 aliphatic carbocycles. The molecule has 0 amide bonds. The van der Waals surface area contributed by atoms with E-state index in [1.807, 2.05) is 0 Å². The number of benzene rings is 6. The fraction of sp³-hybridized carbons (Fsp3) is 0. The number of fused-ring (bicyclic) bond motifs is 13. The van der Waals surface area contributed by atoms with Gasteiger partial charge in [-0.1, -0.05) is 97.1 Å². The minimum absolute atomic E-state index is 0.985. The summed E-state index contributed by atoms with van der Waals surface area (Å²) in [6.45, 7) is 0. The predicted molar refractivity (Wildman–Crippen MR) is 179 cm³/mol. The van der Waals surface area contributed by atoms with Crippen LogP contribution in [-0.2, 0) is 0 Å². The summed E-state index contributed by atoms with van der Waals surface area (Å²) in [6, 6.07) is 50.1. The molecule has 0 saturated heterocycles. The number of rotatable bonds is 2. The lowest BCUT2D eigenvalue weighted by Crippen LogP contribution is -1.94. The highest BCUT2D eigenvalue weighted by atomic mass is 15.1. The van der Waals surface area contributed by atoms with Crippen LogP contribution in [0.15, 0.2) is 140 Å². The van der Waals surface area contributed by atoms with E-state index in [4.69, 9.17) is 4.98 Å². The third-order valence-corrected chi connectivity index (χ3v) is 9.05. The van der Waals surface area contributed by atoms with Gasteiger partial charge in [0.2, 0.25) is 0 Å². The summed E-state index contributed by atoms with van der Waals surface area (Å²) in [6.07, 6.45) is 0. The molecule has 43 heavy (non-hydrogen) atoms. The van der Waals surface area contributed by atoms with Crippen LogP contribution < -0.4 is 0 Å². The first-order chi connectivity index (χ1) is 21.3. The first-order valence-corrected chi connectivity index (χ1v) is 14.7. The van der Waals surface area contributed by atoms with E-state index >= 15 is 0 Å². The molecule has 4 aromatic heterocycles. The monoisotopic (exact) mass is 548 g/mol. The molecule has 0 spiro atoms. The highest BCUT2D eigenvalue weighted by Gasteiger charge is 2.18. The maximum absolute atomic E-state index is 5.17. The topological polar surface area (TPSA) is 38.0 Å². The Hall–Kier alpha value is -5.87. The predicted octanol–water partition coefficient (Wildman–Crippen LogP) is 10.0. The first kappa shape index (κ1) is 22.8. The van der Waals surface area contributed by atoms with E-state index in [0.717, 1.165) is 44.3 Å². The molecule has 0 aliphatic heterocycles. The van der Waals surface area contributed by atoms with Crippen LogP contribution in [0.4, 0.5) is 0 Å². The van der Waals surface area contributed by atoms with Gasteiger partial charge in [0.25, 0.3) is 0 Å². The van der Waals surface area contributed by atoms with Crippen molar-refractivity contribution >= 4 is 71.2 Å². The molecule has 10 aromatic rings. The Bertz CT molecular complexity index is 2670. The molecule has 4 heteroatoms. The van der Waals surface area contributed by atoms with Crippen LogP contribution in [0.3, 0.4) is 0 Å². The van der Waals surface area contributed by atoms with Crippen molar-refractivity contribution in [2.45, 2.75) is 0 Å². The third-order valence-electron chi connectivity index (χ3n) is 9.05. The molecule has 1 N–H and O–H groups in total. The van der Waals surface area contributed by atoms with Gasteiger partial charge in [0, 0.05) is 38.1 Å². The summed E-state index contributed by atoms with van der Waals surface area (Å²) in [7, 11) is 0. The SMILES string of the molecule is c1ccc2c(c1)[nH]c1c2nc2c3ccccc3c3cc(-c4ccc(-n5c6ccccc6c6ccccc65)cc4)ccc3n21. The van der Waals surface area contributed by atoms with Crippen molar-refractivity contribution in [1.29, 1.82) is 0 Å². The summed E-state index contributed by atoms with van der Waals surface area (Å²) in [4.78, 5) is 8.82. The fourth-order valence-corrected chi connectivity index (χ4v) is 7.11. The van der Waals surface area contributed by atoms with Crippen molar-refractivity contribution in [3.8, 4) is 16.8 Å². The normalized spacial score (nSPS) is 12.2. The summed E-state index contributed by atoms with van der Waals surface area (Å²) in [5.41, 5.74) is 11.3. The number of nitrogens with zero attached hydrogens (tertiary/aromatic N) is 3. The lowest BCUT2D eigenvalue weighted by Gasteiger charge is -2.12. The standard InChI is InChI=1S/C39H24N4/c1-2-12-30-27(9-1)32-23-25(19-22-36(32)43-38(30)41-37-31-13-3-6-14-33(31)40-39(37)43)24-17-20-26(21-18-24)42-34-15-7-4-10-28(34)29-11-5-8-16-35(29)42/h1-23,40H. The maximum Gasteiger partial charge on any atom is 0.147 e. The molecule has 0 saturated carbocycles. The zero-order valence-electron chi connectivity index (χ0n) is 23.1. The number of nitrogens with one attached hydrogen (secondary N) is 1. The largest absolute Gasteiger partial charge is 0.339 e. The van der Waals surface area contributed by atoms with Crippen molar-refractivity contribution in [1.82, 2.24) is 18.9 Å². The molecule has 4 heterocycles. The van der Waals surface area contributed by atoms with Crippen LogP contribution in [0.2, 0.25) is 0 Å². The second-order valence-corrected chi connectivity index (χ2v) is 11.3. The Labute approximate surface area is 246 Å². The Morgan fingerprint density at radius 3 is 1.81 bits per heavy atom. The van der Waals surface area contributed by atoms with Gasteiger partial charge in [-0.15, -0.1) is 0 Å². The van der Waals surface area contributed by atoms with Crippen molar-refractivity contribution < 1.29 is 0 Å². The van der Waals surface area contributed by atoms with E-state index in [2.05, 4.69) is 153 Å². The number of para-hydroxylation sites is 3. The molecule has 6 aromatic carbocycles. The van der Waals surface area contributed by atoms with Crippen LogP contribution in [0.25, 0.3) is 88.0 Å². The van der Waals surface area contributed by atoms with Crippen molar-refractivity contribution in [2.24, 2.45) is 0 Å². The van der Waals surface area contributed by atoms with Crippen molar-refractivity contribution in [3.05, 3.63) is 140 Å².